The summed E-state index contributed by atoms with van der Waals surface area (Å²) in [6.07, 6.45) is 6.85. The number of benzene rings is 2. The Morgan fingerprint density at radius 1 is 1.12 bits per heavy atom. The van der Waals surface area contributed by atoms with Crippen LogP contribution < -0.4 is 14.4 Å². The molecule has 1 amide bonds. The van der Waals surface area contributed by atoms with Gasteiger partial charge >= 0.3 is 0 Å². The molecule has 42 heavy (non-hydrogen) atoms. The van der Waals surface area contributed by atoms with Crippen molar-refractivity contribution in [1.29, 1.82) is 0 Å². The van der Waals surface area contributed by atoms with Crippen molar-refractivity contribution < 1.29 is 27.4 Å². The molecule has 1 saturated carbocycles. The van der Waals surface area contributed by atoms with Crippen LogP contribution in [0, 0.1) is 11.8 Å². The molecule has 6 atom stereocenters. The van der Waals surface area contributed by atoms with E-state index in [2.05, 4.69) is 28.7 Å². The standard InChI is InChI=1S/C32H39ClN2O6S/c1-20-13-25-16-30(41-20)26-7-4-23(26)17-35-18-32(10-2-3-21-14-24(33)6-8-27(21)32)19-40-29-9-5-22(15-28(29)35)31(36)34-42(37,38)12-11-39-25/h5-6,8-9,14-15,20,23,25-26,30H,2-4,7,10-13,16-19H2,1H3,(H,34,36)/t20-,23+,25-,26-,30-,32+/m1/s1. The molecule has 2 fully saturated rings. The molecule has 2 aliphatic carbocycles. The third-order valence-electron chi connectivity index (χ3n) is 10.2. The minimum atomic E-state index is -3.87. The van der Waals surface area contributed by atoms with Crippen molar-refractivity contribution in [1.82, 2.24) is 4.72 Å². The molecule has 1 N–H and O–H groups in total. The molecule has 0 aromatic heterocycles. The van der Waals surface area contributed by atoms with Gasteiger partial charge < -0.3 is 19.1 Å². The highest BCUT2D eigenvalue weighted by molar-refractivity contribution is 7.90. The largest absolute Gasteiger partial charge is 0.490 e. The van der Waals surface area contributed by atoms with Gasteiger partial charge in [-0.1, -0.05) is 17.7 Å². The van der Waals surface area contributed by atoms with E-state index in [4.69, 9.17) is 25.8 Å². The van der Waals surface area contributed by atoms with Crippen molar-refractivity contribution in [3.63, 3.8) is 0 Å². The first-order chi connectivity index (χ1) is 20.2. The van der Waals surface area contributed by atoms with Crippen LogP contribution in [0.3, 0.4) is 0 Å². The van der Waals surface area contributed by atoms with Gasteiger partial charge in [0.25, 0.3) is 5.91 Å². The number of halogens is 1. The minimum Gasteiger partial charge on any atom is -0.490 e. The van der Waals surface area contributed by atoms with Crippen LogP contribution in [0.15, 0.2) is 36.4 Å². The second-order valence-corrected chi connectivity index (χ2v) is 15.3. The number of carbonyl (C=O) groups excluding carboxylic acids is 1. The number of sulfonamides is 1. The molecule has 0 unspecified atom stereocenters. The first-order valence-electron chi connectivity index (χ1n) is 15.3. The van der Waals surface area contributed by atoms with E-state index >= 15 is 0 Å². The van der Waals surface area contributed by atoms with Gasteiger partial charge in [-0.05, 0) is 98.7 Å². The maximum atomic E-state index is 13.2. The Hall–Kier alpha value is -2.33. The lowest BCUT2D eigenvalue weighted by atomic mass is 9.67. The Morgan fingerprint density at radius 3 is 2.83 bits per heavy atom. The van der Waals surface area contributed by atoms with E-state index in [0.29, 0.717) is 24.0 Å². The van der Waals surface area contributed by atoms with Gasteiger partial charge in [-0.2, -0.15) is 0 Å². The molecule has 10 heteroatoms. The molecule has 3 aliphatic heterocycles. The molecule has 2 aromatic carbocycles. The highest BCUT2D eigenvalue weighted by atomic mass is 35.5. The number of rotatable bonds is 0. The van der Waals surface area contributed by atoms with E-state index in [1.807, 2.05) is 12.1 Å². The summed E-state index contributed by atoms with van der Waals surface area (Å²) in [5, 5.41) is 0.751. The predicted octanol–water partition coefficient (Wildman–Crippen LogP) is 4.87. The zero-order chi connectivity index (χ0) is 29.1. The number of carbonyl (C=O) groups is 1. The highest BCUT2D eigenvalue weighted by Crippen LogP contribution is 2.48. The first kappa shape index (κ1) is 28.4. The summed E-state index contributed by atoms with van der Waals surface area (Å²) in [6, 6.07) is 11.5. The third kappa shape index (κ3) is 5.42. The summed E-state index contributed by atoms with van der Waals surface area (Å²) in [6.45, 7) is 4.21. The number of nitrogens with one attached hydrogen (secondary N) is 1. The predicted molar refractivity (Wildman–Crippen MR) is 161 cm³/mol. The summed E-state index contributed by atoms with van der Waals surface area (Å²) < 4.78 is 47.0. The Labute approximate surface area is 253 Å². The fraction of sp³-hybridized carbons (Fsp3) is 0.594. The average Bonchev–Trinajstić information content (AvgIpc) is 3.07. The Balaban J connectivity index is 1.29. The van der Waals surface area contributed by atoms with Gasteiger partial charge in [0.2, 0.25) is 10.0 Å². The molecular formula is C32H39ClN2O6S. The summed E-state index contributed by atoms with van der Waals surface area (Å²) >= 11 is 6.41. The molecule has 1 spiro atoms. The molecule has 8 nitrogen and oxygen atoms in total. The van der Waals surface area contributed by atoms with Crippen LogP contribution in [0.25, 0.3) is 0 Å². The number of hydrogen-bond acceptors (Lipinski definition) is 7. The minimum absolute atomic E-state index is 0.0430. The molecule has 2 aromatic rings. The second kappa shape index (κ2) is 11.0. The average molecular weight is 615 g/mol. The number of hydrogen-bond donors (Lipinski definition) is 1. The fourth-order valence-corrected chi connectivity index (χ4v) is 8.98. The van der Waals surface area contributed by atoms with Gasteiger partial charge in [0.05, 0.1) is 43.0 Å². The van der Waals surface area contributed by atoms with Crippen LogP contribution in [0.5, 0.6) is 5.75 Å². The van der Waals surface area contributed by atoms with E-state index in [-0.39, 0.29) is 36.1 Å². The molecule has 5 aliphatic rings. The highest BCUT2D eigenvalue weighted by Gasteiger charge is 2.46. The lowest BCUT2D eigenvalue weighted by Gasteiger charge is -2.48. The topological polar surface area (TPSA) is 94.2 Å². The summed E-state index contributed by atoms with van der Waals surface area (Å²) in [4.78, 5) is 15.6. The number of amides is 1. The Bertz CT molecular complexity index is 1480. The number of anilines is 1. The van der Waals surface area contributed by atoms with Gasteiger partial charge in [0, 0.05) is 35.5 Å². The van der Waals surface area contributed by atoms with Crippen molar-refractivity contribution >= 4 is 33.2 Å². The van der Waals surface area contributed by atoms with Crippen LogP contribution in [-0.4, -0.2) is 64.7 Å². The molecule has 0 radical (unpaired) electrons. The van der Waals surface area contributed by atoms with Crippen molar-refractivity contribution in [2.24, 2.45) is 11.8 Å². The van der Waals surface area contributed by atoms with Gasteiger partial charge in [0.1, 0.15) is 5.75 Å². The number of nitrogens with zero attached hydrogens (tertiary/aromatic N) is 1. The Kier molecular flexibility index (Phi) is 7.44. The second-order valence-electron chi connectivity index (χ2n) is 13.0. The van der Waals surface area contributed by atoms with Crippen molar-refractivity contribution in [3.8, 4) is 5.75 Å². The van der Waals surface area contributed by atoms with Crippen LogP contribution >= 0.6 is 11.6 Å². The van der Waals surface area contributed by atoms with Crippen molar-refractivity contribution in [3.05, 3.63) is 58.1 Å². The first-order valence-corrected chi connectivity index (χ1v) is 17.3. The van der Waals surface area contributed by atoms with Gasteiger partial charge in [-0.3, -0.25) is 4.79 Å². The summed E-state index contributed by atoms with van der Waals surface area (Å²) in [5.74, 6) is 0.655. The van der Waals surface area contributed by atoms with Crippen molar-refractivity contribution in [2.75, 3.05) is 37.0 Å². The third-order valence-corrected chi connectivity index (χ3v) is 11.6. The zero-order valence-electron chi connectivity index (χ0n) is 24.0. The van der Waals surface area contributed by atoms with E-state index in [1.165, 1.54) is 11.1 Å². The summed E-state index contributed by atoms with van der Waals surface area (Å²) in [7, 11) is -3.87. The molecule has 226 valence electrons. The van der Waals surface area contributed by atoms with E-state index in [9.17, 15) is 13.2 Å². The lowest BCUT2D eigenvalue weighted by molar-refractivity contribution is -0.146. The smallest absolute Gasteiger partial charge is 0.264 e. The molecule has 3 heterocycles. The molecule has 4 bridgehead atoms. The maximum Gasteiger partial charge on any atom is 0.264 e. The number of aryl methyl sites for hydroxylation is 1. The lowest BCUT2D eigenvalue weighted by Crippen LogP contribution is -2.51. The molecule has 7 rings (SSSR count). The van der Waals surface area contributed by atoms with Gasteiger partial charge in [0.15, 0.2) is 0 Å². The molecule has 1 saturated heterocycles. The fourth-order valence-electron chi connectivity index (χ4n) is 7.97. The Morgan fingerprint density at radius 2 is 2.00 bits per heavy atom. The zero-order valence-corrected chi connectivity index (χ0v) is 25.6. The normalized spacial score (nSPS) is 34.2. The maximum absolute atomic E-state index is 13.2. The summed E-state index contributed by atoms with van der Waals surface area (Å²) in [5.41, 5.74) is 3.48. The van der Waals surface area contributed by atoms with Crippen LogP contribution in [0.4, 0.5) is 5.69 Å². The van der Waals surface area contributed by atoms with Crippen LogP contribution in [0.1, 0.15) is 66.9 Å². The van der Waals surface area contributed by atoms with Crippen LogP contribution in [-0.2, 0) is 31.3 Å². The van der Waals surface area contributed by atoms with E-state index in [1.54, 1.807) is 12.1 Å². The van der Waals surface area contributed by atoms with E-state index in [0.717, 1.165) is 74.5 Å². The van der Waals surface area contributed by atoms with Gasteiger partial charge in [-0.25, -0.2) is 13.1 Å². The quantitative estimate of drug-likeness (QED) is 0.453. The number of ether oxygens (including phenoxy) is 3. The van der Waals surface area contributed by atoms with Crippen LogP contribution in [0.2, 0.25) is 5.02 Å². The van der Waals surface area contributed by atoms with Gasteiger partial charge in [-0.15, -0.1) is 0 Å². The SMILES string of the molecule is C[C@@H]1C[C@@H]2C[C@@H](O1)[C@@H]1CC[C@H]1CN1C[C@@]3(CCCc4cc(Cl)ccc43)COc3ccc(cc31)C(=O)NS(=O)(=O)CCO2. The monoisotopic (exact) mass is 614 g/mol. The number of fused-ring (bicyclic) bond motifs is 7. The molecular weight excluding hydrogens is 576 g/mol. The van der Waals surface area contributed by atoms with Crippen molar-refractivity contribution in [2.45, 2.75) is 75.6 Å². The van der Waals surface area contributed by atoms with E-state index < -0.39 is 15.9 Å².